The Bertz CT molecular complexity index is 354. The lowest BCUT2D eigenvalue weighted by molar-refractivity contribution is -0.146. The fourth-order valence-corrected chi connectivity index (χ4v) is 1.76. The van der Waals surface area contributed by atoms with Crippen molar-refractivity contribution < 1.29 is 14.3 Å². The minimum absolute atomic E-state index is 0.0894. The van der Waals surface area contributed by atoms with Crippen LogP contribution in [0.2, 0.25) is 0 Å². The summed E-state index contributed by atoms with van der Waals surface area (Å²) in [7, 11) is 3.08. The maximum absolute atomic E-state index is 11.6. The summed E-state index contributed by atoms with van der Waals surface area (Å²) in [6, 6.07) is 7.78. The van der Waals surface area contributed by atoms with Crippen molar-refractivity contribution in [2.45, 2.75) is 20.3 Å². The van der Waals surface area contributed by atoms with Crippen LogP contribution in [0.15, 0.2) is 24.3 Å². The number of methoxy groups -OCH3 is 2. The van der Waals surface area contributed by atoms with E-state index in [9.17, 15) is 4.79 Å². The van der Waals surface area contributed by atoms with Gasteiger partial charge in [0.1, 0.15) is 5.75 Å². The molecule has 0 fully saturated rings. The SMILES string of the molecule is COC(=O)[C@@H](Cc1ccc(OC)cc1)C(C)C. The van der Waals surface area contributed by atoms with Crippen molar-refractivity contribution in [2.24, 2.45) is 11.8 Å². The zero-order chi connectivity index (χ0) is 12.8. The van der Waals surface area contributed by atoms with Gasteiger partial charge >= 0.3 is 5.97 Å². The highest BCUT2D eigenvalue weighted by Crippen LogP contribution is 2.20. The van der Waals surface area contributed by atoms with Gasteiger partial charge in [-0.25, -0.2) is 0 Å². The number of ether oxygens (including phenoxy) is 2. The second-order valence-corrected chi connectivity index (χ2v) is 4.43. The standard InChI is InChI=1S/C14H20O3/c1-10(2)13(14(15)17-4)9-11-5-7-12(16-3)8-6-11/h5-8,10,13H,9H2,1-4H3/t13-/m0/s1. The van der Waals surface area contributed by atoms with Crippen molar-refractivity contribution >= 4 is 5.97 Å². The minimum atomic E-state index is -0.143. The number of hydrogen-bond donors (Lipinski definition) is 0. The predicted molar refractivity (Wildman–Crippen MR) is 67.0 cm³/mol. The first-order valence-corrected chi connectivity index (χ1v) is 5.79. The molecule has 1 rings (SSSR count). The molecule has 3 nitrogen and oxygen atoms in total. The zero-order valence-corrected chi connectivity index (χ0v) is 10.9. The largest absolute Gasteiger partial charge is 0.497 e. The van der Waals surface area contributed by atoms with E-state index in [0.29, 0.717) is 6.42 Å². The van der Waals surface area contributed by atoms with Gasteiger partial charge < -0.3 is 9.47 Å². The molecule has 0 aromatic heterocycles. The predicted octanol–water partition coefficient (Wildman–Crippen LogP) is 2.68. The molecule has 1 atom stereocenters. The molecular formula is C14H20O3. The summed E-state index contributed by atoms with van der Waals surface area (Å²) in [6.45, 7) is 4.07. The Kier molecular flexibility index (Phi) is 5.01. The Morgan fingerprint density at radius 2 is 1.76 bits per heavy atom. The first-order valence-electron chi connectivity index (χ1n) is 5.79. The Labute approximate surface area is 103 Å². The summed E-state index contributed by atoms with van der Waals surface area (Å²) in [5, 5.41) is 0. The van der Waals surface area contributed by atoms with Gasteiger partial charge in [0.25, 0.3) is 0 Å². The number of carbonyl (C=O) groups is 1. The highest BCUT2D eigenvalue weighted by atomic mass is 16.5. The molecule has 94 valence electrons. The van der Waals surface area contributed by atoms with E-state index in [-0.39, 0.29) is 17.8 Å². The van der Waals surface area contributed by atoms with Crippen LogP contribution in [-0.4, -0.2) is 20.2 Å². The molecule has 0 heterocycles. The lowest BCUT2D eigenvalue weighted by atomic mass is 9.89. The van der Waals surface area contributed by atoms with Gasteiger partial charge in [0.2, 0.25) is 0 Å². The Morgan fingerprint density at radius 1 is 1.18 bits per heavy atom. The average Bonchev–Trinajstić information content (AvgIpc) is 2.35. The van der Waals surface area contributed by atoms with Crippen LogP contribution in [0.5, 0.6) is 5.75 Å². The van der Waals surface area contributed by atoms with E-state index in [4.69, 9.17) is 9.47 Å². The van der Waals surface area contributed by atoms with E-state index >= 15 is 0 Å². The quantitative estimate of drug-likeness (QED) is 0.737. The molecule has 0 amide bonds. The number of carbonyl (C=O) groups excluding carboxylic acids is 1. The summed E-state index contributed by atoms with van der Waals surface area (Å²) < 4.78 is 9.93. The highest BCUT2D eigenvalue weighted by Gasteiger charge is 2.23. The van der Waals surface area contributed by atoms with Crippen molar-refractivity contribution in [3.63, 3.8) is 0 Å². The van der Waals surface area contributed by atoms with E-state index in [2.05, 4.69) is 0 Å². The molecule has 0 radical (unpaired) electrons. The summed E-state index contributed by atoms with van der Waals surface area (Å²) in [4.78, 5) is 11.6. The molecule has 1 aromatic carbocycles. The summed E-state index contributed by atoms with van der Waals surface area (Å²) >= 11 is 0. The summed E-state index contributed by atoms with van der Waals surface area (Å²) in [5.74, 6) is 0.863. The van der Waals surface area contributed by atoms with Gasteiger partial charge in [-0.05, 0) is 30.0 Å². The van der Waals surface area contributed by atoms with Crippen LogP contribution in [0.4, 0.5) is 0 Å². The lowest BCUT2D eigenvalue weighted by Gasteiger charge is -2.18. The third-order valence-corrected chi connectivity index (χ3v) is 2.92. The molecule has 0 saturated carbocycles. The fraction of sp³-hybridized carbons (Fsp3) is 0.500. The third-order valence-electron chi connectivity index (χ3n) is 2.92. The molecule has 0 aliphatic carbocycles. The molecule has 0 unspecified atom stereocenters. The van der Waals surface area contributed by atoms with Crippen molar-refractivity contribution in [3.8, 4) is 5.75 Å². The first-order chi connectivity index (χ1) is 8.08. The highest BCUT2D eigenvalue weighted by molar-refractivity contribution is 5.72. The molecule has 0 aliphatic rings. The van der Waals surface area contributed by atoms with E-state index < -0.39 is 0 Å². The zero-order valence-electron chi connectivity index (χ0n) is 10.9. The van der Waals surface area contributed by atoms with Gasteiger partial charge in [-0.2, -0.15) is 0 Å². The second-order valence-electron chi connectivity index (χ2n) is 4.43. The molecule has 17 heavy (non-hydrogen) atoms. The van der Waals surface area contributed by atoms with Crippen LogP contribution in [0.3, 0.4) is 0 Å². The van der Waals surface area contributed by atoms with E-state index in [1.165, 1.54) is 7.11 Å². The molecule has 0 aliphatic heterocycles. The Balaban J connectivity index is 2.75. The van der Waals surface area contributed by atoms with Gasteiger partial charge in [0, 0.05) is 0 Å². The normalized spacial score (nSPS) is 12.3. The van der Waals surface area contributed by atoms with Gasteiger partial charge in [0.05, 0.1) is 20.1 Å². The molecule has 0 saturated heterocycles. The van der Waals surface area contributed by atoms with E-state index in [1.54, 1.807) is 7.11 Å². The summed E-state index contributed by atoms with van der Waals surface area (Å²) in [5.41, 5.74) is 1.12. The van der Waals surface area contributed by atoms with Crippen molar-refractivity contribution in [2.75, 3.05) is 14.2 Å². The molecular weight excluding hydrogens is 216 g/mol. The lowest BCUT2D eigenvalue weighted by Crippen LogP contribution is -2.23. The van der Waals surface area contributed by atoms with E-state index in [1.807, 2.05) is 38.1 Å². The number of hydrogen-bond acceptors (Lipinski definition) is 3. The summed E-state index contributed by atoms with van der Waals surface area (Å²) in [6.07, 6.45) is 0.703. The van der Waals surface area contributed by atoms with Gasteiger partial charge in [-0.15, -0.1) is 0 Å². The number of rotatable bonds is 5. The Hall–Kier alpha value is -1.51. The topological polar surface area (TPSA) is 35.5 Å². The molecule has 0 spiro atoms. The average molecular weight is 236 g/mol. The van der Waals surface area contributed by atoms with Crippen LogP contribution < -0.4 is 4.74 Å². The van der Waals surface area contributed by atoms with Crippen molar-refractivity contribution in [1.29, 1.82) is 0 Å². The third kappa shape index (κ3) is 3.77. The van der Waals surface area contributed by atoms with Gasteiger partial charge in [-0.1, -0.05) is 26.0 Å². The van der Waals surface area contributed by atoms with Crippen LogP contribution in [0.25, 0.3) is 0 Å². The number of benzene rings is 1. The van der Waals surface area contributed by atoms with Gasteiger partial charge in [0.15, 0.2) is 0 Å². The first kappa shape index (κ1) is 13.6. The van der Waals surface area contributed by atoms with Gasteiger partial charge in [-0.3, -0.25) is 4.79 Å². The minimum Gasteiger partial charge on any atom is -0.497 e. The molecule has 3 heteroatoms. The monoisotopic (exact) mass is 236 g/mol. The van der Waals surface area contributed by atoms with Crippen LogP contribution >= 0.6 is 0 Å². The van der Waals surface area contributed by atoms with Crippen LogP contribution in [0.1, 0.15) is 19.4 Å². The van der Waals surface area contributed by atoms with E-state index in [0.717, 1.165) is 11.3 Å². The molecule has 0 bridgehead atoms. The number of esters is 1. The molecule has 1 aromatic rings. The van der Waals surface area contributed by atoms with Crippen LogP contribution in [0, 0.1) is 11.8 Å². The molecule has 0 N–H and O–H groups in total. The fourth-order valence-electron chi connectivity index (χ4n) is 1.76. The van der Waals surface area contributed by atoms with Crippen LogP contribution in [-0.2, 0) is 16.0 Å². The smallest absolute Gasteiger partial charge is 0.309 e. The second kappa shape index (κ2) is 6.28. The maximum Gasteiger partial charge on any atom is 0.309 e. The maximum atomic E-state index is 11.6. The Morgan fingerprint density at radius 3 is 2.18 bits per heavy atom. The van der Waals surface area contributed by atoms with Crippen molar-refractivity contribution in [3.05, 3.63) is 29.8 Å². The van der Waals surface area contributed by atoms with Crippen molar-refractivity contribution in [1.82, 2.24) is 0 Å².